The molecule has 1 saturated carbocycles. The Morgan fingerprint density at radius 1 is 1.14 bits per heavy atom. The first-order valence-electron chi connectivity index (χ1n) is 8.44. The molecule has 126 valence electrons. The number of hydrogen-bond donors (Lipinski definition) is 1. The minimum Gasteiger partial charge on any atom is -0.383 e. The van der Waals surface area contributed by atoms with E-state index in [0.717, 1.165) is 45.2 Å². The molecular formula is C16H29N3O3. The Morgan fingerprint density at radius 3 is 2.41 bits per heavy atom. The maximum absolute atomic E-state index is 12.1. The smallest absolute Gasteiger partial charge is 0.317 e. The number of nitrogens with one attached hydrogen (secondary N) is 1. The van der Waals surface area contributed by atoms with Gasteiger partial charge in [0.25, 0.3) is 0 Å². The number of urea groups is 1. The Hall–Kier alpha value is -1.30. The first-order chi connectivity index (χ1) is 10.6. The standard InChI is InChI=1S/C16H29N3O3/c1-13(20)19(14-5-3-6-14)15-7-4-10-18(11-8-15)16(21)17-9-12-22-2/h14-15H,3-12H2,1-2H3,(H,17,21)/t15-/m0/s1. The third-order valence-corrected chi connectivity index (χ3v) is 4.79. The Labute approximate surface area is 133 Å². The van der Waals surface area contributed by atoms with Crippen LogP contribution in [0.2, 0.25) is 0 Å². The molecule has 6 nitrogen and oxygen atoms in total. The summed E-state index contributed by atoms with van der Waals surface area (Å²) in [4.78, 5) is 28.1. The lowest BCUT2D eigenvalue weighted by molar-refractivity contribution is -0.136. The van der Waals surface area contributed by atoms with Crippen LogP contribution >= 0.6 is 0 Å². The molecule has 2 rings (SSSR count). The van der Waals surface area contributed by atoms with Gasteiger partial charge in [-0.05, 0) is 38.5 Å². The molecule has 2 fully saturated rings. The van der Waals surface area contributed by atoms with Crippen molar-refractivity contribution >= 4 is 11.9 Å². The highest BCUT2D eigenvalue weighted by atomic mass is 16.5. The van der Waals surface area contributed by atoms with Gasteiger partial charge >= 0.3 is 6.03 Å². The van der Waals surface area contributed by atoms with Crippen LogP contribution in [0.3, 0.4) is 0 Å². The maximum Gasteiger partial charge on any atom is 0.317 e. The SMILES string of the molecule is COCCNC(=O)N1CCC[C@H](N(C(C)=O)C2CCC2)CC1. The van der Waals surface area contributed by atoms with E-state index in [-0.39, 0.29) is 11.9 Å². The number of carbonyl (C=O) groups excluding carboxylic acids is 2. The van der Waals surface area contributed by atoms with Crippen LogP contribution in [0.15, 0.2) is 0 Å². The quantitative estimate of drug-likeness (QED) is 0.785. The Morgan fingerprint density at radius 2 is 1.82 bits per heavy atom. The van der Waals surface area contributed by atoms with Crippen molar-refractivity contribution in [1.82, 2.24) is 15.1 Å². The van der Waals surface area contributed by atoms with Crippen molar-refractivity contribution in [3.05, 3.63) is 0 Å². The molecule has 0 bridgehead atoms. The number of nitrogens with zero attached hydrogens (tertiary/aromatic N) is 2. The molecule has 0 radical (unpaired) electrons. The molecule has 1 aliphatic carbocycles. The van der Waals surface area contributed by atoms with E-state index >= 15 is 0 Å². The van der Waals surface area contributed by atoms with E-state index < -0.39 is 0 Å². The van der Waals surface area contributed by atoms with Crippen molar-refractivity contribution in [1.29, 1.82) is 0 Å². The van der Waals surface area contributed by atoms with Gasteiger partial charge in [0.2, 0.25) is 5.91 Å². The van der Waals surface area contributed by atoms with Crippen LogP contribution in [0.25, 0.3) is 0 Å². The molecule has 1 aliphatic heterocycles. The largest absolute Gasteiger partial charge is 0.383 e. The summed E-state index contributed by atoms with van der Waals surface area (Å²) in [5.74, 6) is 0.188. The Bertz CT molecular complexity index is 385. The monoisotopic (exact) mass is 311 g/mol. The summed E-state index contributed by atoms with van der Waals surface area (Å²) in [5, 5.41) is 2.87. The topological polar surface area (TPSA) is 61.9 Å². The van der Waals surface area contributed by atoms with Gasteiger partial charge in [-0.25, -0.2) is 4.79 Å². The van der Waals surface area contributed by atoms with E-state index in [4.69, 9.17) is 4.74 Å². The number of carbonyl (C=O) groups is 2. The summed E-state index contributed by atoms with van der Waals surface area (Å²) in [6.07, 6.45) is 6.34. The van der Waals surface area contributed by atoms with Crippen LogP contribution in [-0.2, 0) is 9.53 Å². The lowest BCUT2D eigenvalue weighted by Gasteiger charge is -2.42. The van der Waals surface area contributed by atoms with Gasteiger partial charge < -0.3 is 19.9 Å². The number of amides is 3. The van der Waals surface area contributed by atoms with Crippen molar-refractivity contribution in [2.24, 2.45) is 0 Å². The molecule has 22 heavy (non-hydrogen) atoms. The lowest BCUT2D eigenvalue weighted by atomic mass is 9.89. The summed E-state index contributed by atoms with van der Waals surface area (Å²) in [6, 6.07) is 0.708. The first kappa shape index (κ1) is 17.1. The number of methoxy groups -OCH3 is 1. The average molecular weight is 311 g/mol. The molecule has 3 amide bonds. The summed E-state index contributed by atoms with van der Waals surface area (Å²) in [7, 11) is 1.62. The number of rotatable bonds is 5. The van der Waals surface area contributed by atoms with Gasteiger partial charge in [0.15, 0.2) is 0 Å². The van der Waals surface area contributed by atoms with Crippen molar-refractivity contribution in [2.45, 2.75) is 57.5 Å². The second kappa shape index (κ2) is 8.36. The molecule has 0 aromatic heterocycles. The van der Waals surface area contributed by atoms with Gasteiger partial charge in [-0.3, -0.25) is 4.79 Å². The molecule has 6 heteroatoms. The summed E-state index contributed by atoms with van der Waals surface area (Å²) in [5.41, 5.74) is 0. The van der Waals surface area contributed by atoms with Crippen LogP contribution in [0, 0.1) is 0 Å². The third kappa shape index (κ3) is 4.35. The fourth-order valence-corrected chi connectivity index (χ4v) is 3.41. The van der Waals surface area contributed by atoms with Gasteiger partial charge in [0.1, 0.15) is 0 Å². The van der Waals surface area contributed by atoms with Crippen LogP contribution in [0.5, 0.6) is 0 Å². The van der Waals surface area contributed by atoms with E-state index in [0.29, 0.717) is 25.2 Å². The molecular weight excluding hydrogens is 282 g/mol. The van der Waals surface area contributed by atoms with Gasteiger partial charge in [0.05, 0.1) is 6.61 Å². The number of likely N-dealkylation sites (tertiary alicyclic amines) is 1. The highest BCUT2D eigenvalue weighted by molar-refractivity contribution is 5.75. The van der Waals surface area contributed by atoms with E-state index in [1.54, 1.807) is 14.0 Å². The average Bonchev–Trinajstić information content (AvgIpc) is 2.68. The molecule has 0 spiro atoms. The predicted molar refractivity (Wildman–Crippen MR) is 84.6 cm³/mol. The van der Waals surface area contributed by atoms with Crippen molar-refractivity contribution in [3.63, 3.8) is 0 Å². The molecule has 1 atom stereocenters. The third-order valence-electron chi connectivity index (χ3n) is 4.79. The molecule has 1 saturated heterocycles. The molecule has 0 aromatic rings. The van der Waals surface area contributed by atoms with Crippen LogP contribution < -0.4 is 5.32 Å². The fraction of sp³-hybridized carbons (Fsp3) is 0.875. The fourth-order valence-electron chi connectivity index (χ4n) is 3.41. The molecule has 0 unspecified atom stereocenters. The minimum atomic E-state index is -0.0179. The van der Waals surface area contributed by atoms with Crippen LogP contribution in [0.1, 0.15) is 45.4 Å². The van der Waals surface area contributed by atoms with E-state index in [2.05, 4.69) is 10.2 Å². The molecule has 2 aliphatic rings. The zero-order valence-electron chi connectivity index (χ0n) is 13.8. The highest BCUT2D eigenvalue weighted by Gasteiger charge is 2.33. The first-order valence-corrected chi connectivity index (χ1v) is 8.44. The normalized spacial score (nSPS) is 22.6. The summed E-state index contributed by atoms with van der Waals surface area (Å²) < 4.78 is 4.95. The van der Waals surface area contributed by atoms with E-state index in [9.17, 15) is 9.59 Å². The lowest BCUT2D eigenvalue weighted by Crippen LogP contribution is -2.49. The molecule has 0 aromatic carbocycles. The zero-order chi connectivity index (χ0) is 15.9. The Balaban J connectivity index is 1.85. The summed E-state index contributed by atoms with van der Waals surface area (Å²) >= 11 is 0. The van der Waals surface area contributed by atoms with E-state index in [1.165, 1.54) is 6.42 Å². The number of hydrogen-bond acceptors (Lipinski definition) is 3. The maximum atomic E-state index is 12.1. The summed E-state index contributed by atoms with van der Waals surface area (Å²) in [6.45, 7) is 4.24. The van der Waals surface area contributed by atoms with Crippen LogP contribution in [0.4, 0.5) is 4.79 Å². The van der Waals surface area contributed by atoms with E-state index in [1.807, 2.05) is 4.90 Å². The second-order valence-electron chi connectivity index (χ2n) is 6.31. The van der Waals surface area contributed by atoms with Crippen LogP contribution in [-0.4, -0.2) is 67.2 Å². The van der Waals surface area contributed by atoms with Crippen molar-refractivity contribution < 1.29 is 14.3 Å². The van der Waals surface area contributed by atoms with Gasteiger partial charge in [-0.2, -0.15) is 0 Å². The Kier molecular flexibility index (Phi) is 6.49. The second-order valence-corrected chi connectivity index (χ2v) is 6.31. The molecule has 1 heterocycles. The predicted octanol–water partition coefficient (Wildman–Crippen LogP) is 1.60. The van der Waals surface area contributed by atoms with Crippen molar-refractivity contribution in [3.8, 4) is 0 Å². The zero-order valence-corrected chi connectivity index (χ0v) is 13.8. The number of ether oxygens (including phenoxy) is 1. The van der Waals surface area contributed by atoms with Crippen molar-refractivity contribution in [2.75, 3.05) is 33.4 Å². The van der Waals surface area contributed by atoms with Gasteiger partial charge in [-0.15, -0.1) is 0 Å². The highest BCUT2D eigenvalue weighted by Crippen LogP contribution is 2.30. The molecule has 1 N–H and O–H groups in total. The van der Waals surface area contributed by atoms with Gasteiger partial charge in [-0.1, -0.05) is 0 Å². The van der Waals surface area contributed by atoms with Gasteiger partial charge in [0, 0.05) is 45.8 Å². The minimum absolute atomic E-state index is 0.0179.